The first-order valence-corrected chi connectivity index (χ1v) is 5.66. The normalized spacial score (nSPS) is 13.4. The van der Waals surface area contributed by atoms with E-state index in [1.807, 2.05) is 6.92 Å². The van der Waals surface area contributed by atoms with Crippen LogP contribution in [0, 0.1) is 0 Å². The third-order valence-electron chi connectivity index (χ3n) is 2.20. The molecule has 1 aromatic heterocycles. The molecule has 1 unspecified atom stereocenters. The Morgan fingerprint density at radius 3 is 2.56 bits per heavy atom. The maximum Gasteiger partial charge on any atom is 0.414 e. The zero-order valence-electron chi connectivity index (χ0n) is 10.3. The van der Waals surface area contributed by atoms with Crippen LogP contribution in [0.4, 0.5) is 19.0 Å². The molecule has 0 amide bonds. The van der Waals surface area contributed by atoms with Crippen molar-refractivity contribution in [1.82, 2.24) is 9.97 Å². The fourth-order valence-electron chi connectivity index (χ4n) is 1.08. The predicted molar refractivity (Wildman–Crippen MR) is 61.1 cm³/mol. The first kappa shape index (κ1) is 14.7. The van der Waals surface area contributed by atoms with Crippen LogP contribution in [0.1, 0.15) is 26.0 Å². The van der Waals surface area contributed by atoms with Gasteiger partial charge in [0.1, 0.15) is 5.82 Å². The lowest BCUT2D eigenvalue weighted by atomic mass is 10.4. The van der Waals surface area contributed by atoms with E-state index in [1.165, 1.54) is 12.4 Å². The van der Waals surface area contributed by atoms with Gasteiger partial charge in [0.05, 0.1) is 24.7 Å². The number of hydrogen-bond acceptors (Lipinski definition) is 4. The topological polar surface area (TPSA) is 47.0 Å². The number of anilines is 1. The van der Waals surface area contributed by atoms with Crippen LogP contribution in [-0.4, -0.2) is 28.8 Å². The van der Waals surface area contributed by atoms with Gasteiger partial charge in [-0.1, -0.05) is 6.92 Å². The van der Waals surface area contributed by atoms with Crippen LogP contribution in [0.25, 0.3) is 0 Å². The second-order valence-corrected chi connectivity index (χ2v) is 3.81. The second-order valence-electron chi connectivity index (χ2n) is 3.81. The fourth-order valence-corrected chi connectivity index (χ4v) is 1.08. The van der Waals surface area contributed by atoms with Gasteiger partial charge in [0, 0.05) is 6.54 Å². The van der Waals surface area contributed by atoms with Gasteiger partial charge < -0.3 is 10.1 Å². The van der Waals surface area contributed by atoms with Gasteiger partial charge in [0.15, 0.2) is 6.10 Å². The molecule has 1 aromatic rings. The maximum atomic E-state index is 12.2. The minimum absolute atomic E-state index is 0.207. The summed E-state index contributed by atoms with van der Waals surface area (Å²) in [4.78, 5) is 7.99. The van der Waals surface area contributed by atoms with Gasteiger partial charge in [0.2, 0.25) is 0 Å². The lowest BCUT2D eigenvalue weighted by Gasteiger charge is -2.15. The molecule has 0 radical (unpaired) electrons. The lowest BCUT2D eigenvalue weighted by molar-refractivity contribution is -0.217. The summed E-state index contributed by atoms with van der Waals surface area (Å²) in [5.41, 5.74) is 0.369. The lowest BCUT2D eigenvalue weighted by Crippen LogP contribution is -2.28. The summed E-state index contributed by atoms with van der Waals surface area (Å²) in [6.45, 7) is 3.54. The second kappa shape index (κ2) is 6.53. The van der Waals surface area contributed by atoms with E-state index in [0.717, 1.165) is 19.9 Å². The van der Waals surface area contributed by atoms with Crippen LogP contribution >= 0.6 is 0 Å². The van der Waals surface area contributed by atoms with Crippen molar-refractivity contribution in [2.24, 2.45) is 0 Å². The molecular weight excluding hydrogens is 247 g/mol. The van der Waals surface area contributed by atoms with Gasteiger partial charge in [-0.05, 0) is 13.3 Å². The van der Waals surface area contributed by atoms with Gasteiger partial charge in [-0.2, -0.15) is 13.2 Å². The number of aromatic nitrogens is 2. The molecule has 0 spiro atoms. The highest BCUT2D eigenvalue weighted by atomic mass is 19.4. The van der Waals surface area contributed by atoms with Crippen LogP contribution in [0.2, 0.25) is 0 Å². The third kappa shape index (κ3) is 4.87. The average Bonchev–Trinajstić information content (AvgIpc) is 2.33. The van der Waals surface area contributed by atoms with E-state index in [1.54, 1.807) is 0 Å². The first-order valence-electron chi connectivity index (χ1n) is 5.66. The molecule has 0 aliphatic heterocycles. The van der Waals surface area contributed by atoms with Gasteiger partial charge in [-0.3, -0.25) is 4.98 Å². The number of nitrogens with zero attached hydrogens (tertiary/aromatic N) is 2. The van der Waals surface area contributed by atoms with Crippen molar-refractivity contribution in [3.8, 4) is 0 Å². The van der Waals surface area contributed by atoms with Crippen molar-refractivity contribution < 1.29 is 17.9 Å². The molecule has 0 bridgehead atoms. The summed E-state index contributed by atoms with van der Waals surface area (Å²) in [7, 11) is 0. The smallest absolute Gasteiger partial charge is 0.369 e. The van der Waals surface area contributed by atoms with E-state index in [4.69, 9.17) is 0 Å². The molecule has 1 atom stereocenters. The van der Waals surface area contributed by atoms with Crippen LogP contribution in [0.5, 0.6) is 0 Å². The molecule has 0 aliphatic rings. The van der Waals surface area contributed by atoms with Crippen molar-refractivity contribution in [1.29, 1.82) is 0 Å². The van der Waals surface area contributed by atoms with Crippen LogP contribution in [0.15, 0.2) is 12.4 Å². The Labute approximate surface area is 104 Å². The molecule has 0 aromatic carbocycles. The van der Waals surface area contributed by atoms with Crippen molar-refractivity contribution in [2.45, 2.75) is 39.2 Å². The Morgan fingerprint density at radius 1 is 1.33 bits per heavy atom. The molecule has 1 N–H and O–H groups in total. The molecule has 102 valence electrons. The Balaban J connectivity index is 2.44. The predicted octanol–water partition coefficient (Wildman–Crippen LogP) is 2.77. The molecule has 0 saturated carbocycles. The number of rotatable bonds is 6. The van der Waals surface area contributed by atoms with Crippen LogP contribution in [0.3, 0.4) is 0 Å². The van der Waals surface area contributed by atoms with Crippen molar-refractivity contribution in [3.05, 3.63) is 18.1 Å². The van der Waals surface area contributed by atoms with E-state index in [2.05, 4.69) is 20.0 Å². The zero-order chi connectivity index (χ0) is 13.6. The van der Waals surface area contributed by atoms with Crippen molar-refractivity contribution >= 4 is 5.82 Å². The van der Waals surface area contributed by atoms with Gasteiger partial charge >= 0.3 is 6.18 Å². The minimum Gasteiger partial charge on any atom is -0.369 e. The monoisotopic (exact) mass is 263 g/mol. The van der Waals surface area contributed by atoms with E-state index >= 15 is 0 Å². The minimum atomic E-state index is -4.35. The Kier molecular flexibility index (Phi) is 5.33. The largest absolute Gasteiger partial charge is 0.414 e. The zero-order valence-corrected chi connectivity index (χ0v) is 10.3. The van der Waals surface area contributed by atoms with Crippen LogP contribution in [-0.2, 0) is 11.3 Å². The van der Waals surface area contributed by atoms with Gasteiger partial charge in [-0.25, -0.2) is 4.98 Å². The molecule has 0 aliphatic carbocycles. The summed E-state index contributed by atoms with van der Waals surface area (Å²) in [6, 6.07) is 0. The molecule has 1 heterocycles. The summed E-state index contributed by atoms with van der Waals surface area (Å²) < 4.78 is 41.2. The summed E-state index contributed by atoms with van der Waals surface area (Å²) >= 11 is 0. The number of halogens is 3. The molecule has 1 rings (SSSR count). The molecule has 0 fully saturated rings. The highest BCUT2D eigenvalue weighted by Crippen LogP contribution is 2.22. The molecule has 7 heteroatoms. The van der Waals surface area contributed by atoms with Crippen molar-refractivity contribution in [3.63, 3.8) is 0 Å². The Bertz CT molecular complexity index is 354. The van der Waals surface area contributed by atoms with Gasteiger partial charge in [0.25, 0.3) is 0 Å². The number of ether oxygens (including phenoxy) is 1. The molecule has 18 heavy (non-hydrogen) atoms. The Hall–Kier alpha value is -1.37. The summed E-state index contributed by atoms with van der Waals surface area (Å²) in [5.74, 6) is 0.601. The highest BCUT2D eigenvalue weighted by Gasteiger charge is 2.36. The number of alkyl halides is 3. The third-order valence-corrected chi connectivity index (χ3v) is 2.20. The molecular formula is C11H16F3N3O. The van der Waals surface area contributed by atoms with E-state index in [9.17, 15) is 13.2 Å². The summed E-state index contributed by atoms with van der Waals surface area (Å²) in [6.07, 6.45) is -2.32. The van der Waals surface area contributed by atoms with E-state index < -0.39 is 12.3 Å². The number of nitrogens with one attached hydrogen (secondary N) is 1. The molecule has 0 saturated heterocycles. The van der Waals surface area contributed by atoms with E-state index in [-0.39, 0.29) is 6.61 Å². The van der Waals surface area contributed by atoms with Crippen molar-refractivity contribution in [2.75, 3.05) is 11.9 Å². The van der Waals surface area contributed by atoms with E-state index in [0.29, 0.717) is 11.5 Å². The number of hydrogen-bond donors (Lipinski definition) is 1. The van der Waals surface area contributed by atoms with Gasteiger partial charge in [-0.15, -0.1) is 0 Å². The first-order chi connectivity index (χ1) is 8.43. The highest BCUT2D eigenvalue weighted by molar-refractivity contribution is 5.30. The summed E-state index contributed by atoms with van der Waals surface area (Å²) in [5, 5.41) is 3.02. The molecule has 4 nitrogen and oxygen atoms in total. The average molecular weight is 263 g/mol. The maximum absolute atomic E-state index is 12.2. The standard InChI is InChI=1S/C11H16F3N3O/c1-3-4-15-10-6-16-9(5-17-10)7-18-8(2)11(12,13)14/h5-6,8H,3-4,7H2,1-2H3,(H,15,17). The quantitative estimate of drug-likeness (QED) is 0.857. The fraction of sp³-hybridized carbons (Fsp3) is 0.636. The SMILES string of the molecule is CCCNc1cnc(COC(C)C(F)(F)F)cn1. The Morgan fingerprint density at radius 2 is 2.06 bits per heavy atom. The van der Waals surface area contributed by atoms with Crippen LogP contribution < -0.4 is 5.32 Å².